The van der Waals surface area contributed by atoms with Gasteiger partial charge in [0.25, 0.3) is 0 Å². The predicted molar refractivity (Wildman–Crippen MR) is 93.0 cm³/mol. The van der Waals surface area contributed by atoms with E-state index >= 15 is 0 Å². The number of nitrogens with zero attached hydrogens (tertiary/aromatic N) is 5. The van der Waals surface area contributed by atoms with Crippen LogP contribution in [0, 0.1) is 0 Å². The molecule has 0 aliphatic carbocycles. The lowest BCUT2D eigenvalue weighted by atomic mass is 10.0. The molecular formula is C18H19N5O2. The Labute approximate surface area is 145 Å². The van der Waals surface area contributed by atoms with Crippen LogP contribution in [0.5, 0.6) is 5.75 Å². The fourth-order valence-corrected chi connectivity index (χ4v) is 2.52. The minimum Gasteiger partial charge on any atom is -0.497 e. The lowest BCUT2D eigenvalue weighted by Gasteiger charge is -2.15. The molecule has 0 bridgehead atoms. The molecule has 128 valence electrons. The highest BCUT2D eigenvalue weighted by Crippen LogP contribution is 2.24. The van der Waals surface area contributed by atoms with E-state index in [0.717, 1.165) is 5.82 Å². The van der Waals surface area contributed by atoms with Crippen LogP contribution in [-0.2, 0) is 6.54 Å². The molecule has 0 amide bonds. The summed E-state index contributed by atoms with van der Waals surface area (Å²) in [5.41, 5.74) is 1.55. The van der Waals surface area contributed by atoms with E-state index in [9.17, 15) is 4.79 Å². The molecule has 3 aromatic rings. The van der Waals surface area contributed by atoms with Crippen LogP contribution in [0.1, 0.15) is 21.9 Å². The van der Waals surface area contributed by atoms with Crippen molar-refractivity contribution in [1.29, 1.82) is 0 Å². The summed E-state index contributed by atoms with van der Waals surface area (Å²) in [4.78, 5) is 19.1. The second kappa shape index (κ2) is 7.23. The summed E-state index contributed by atoms with van der Waals surface area (Å²) in [6.07, 6.45) is 3.21. The first-order valence-corrected chi connectivity index (χ1v) is 7.78. The zero-order valence-electron chi connectivity index (χ0n) is 14.4. The zero-order valence-corrected chi connectivity index (χ0v) is 14.4. The van der Waals surface area contributed by atoms with Crippen molar-refractivity contribution in [3.8, 4) is 11.4 Å². The van der Waals surface area contributed by atoms with Crippen LogP contribution in [-0.4, -0.2) is 51.6 Å². The molecule has 0 spiro atoms. The summed E-state index contributed by atoms with van der Waals surface area (Å²) in [5.74, 6) is 1.16. The fraction of sp³-hybridized carbons (Fsp3) is 0.222. The van der Waals surface area contributed by atoms with E-state index in [1.807, 2.05) is 35.7 Å². The summed E-state index contributed by atoms with van der Waals surface area (Å²) in [6.45, 7) is 0.600. The van der Waals surface area contributed by atoms with Crippen LogP contribution < -0.4 is 4.74 Å². The Bertz CT molecular complexity index is 874. The van der Waals surface area contributed by atoms with Crippen LogP contribution in [0.4, 0.5) is 0 Å². The van der Waals surface area contributed by atoms with Gasteiger partial charge < -0.3 is 9.64 Å². The molecule has 0 aliphatic rings. The third kappa shape index (κ3) is 3.56. The molecule has 0 fully saturated rings. The number of methoxy groups -OCH3 is 1. The number of carbonyl (C=O) groups excluding carboxylic acids is 1. The lowest BCUT2D eigenvalue weighted by Crippen LogP contribution is -2.16. The van der Waals surface area contributed by atoms with Gasteiger partial charge in [-0.05, 0) is 44.4 Å². The Morgan fingerprint density at radius 1 is 1.24 bits per heavy atom. The van der Waals surface area contributed by atoms with Crippen LogP contribution in [0.15, 0.2) is 48.9 Å². The van der Waals surface area contributed by atoms with Gasteiger partial charge in [-0.15, -0.1) is 10.2 Å². The Balaban J connectivity index is 2.12. The van der Waals surface area contributed by atoms with Gasteiger partial charge in [0.05, 0.1) is 24.9 Å². The first-order chi connectivity index (χ1) is 12.1. The molecule has 0 saturated carbocycles. The smallest absolute Gasteiger partial charge is 0.213 e. The monoisotopic (exact) mass is 337 g/mol. The largest absolute Gasteiger partial charge is 0.497 e. The number of hydrogen-bond acceptors (Lipinski definition) is 6. The van der Waals surface area contributed by atoms with Gasteiger partial charge in [-0.3, -0.25) is 14.3 Å². The van der Waals surface area contributed by atoms with Crippen molar-refractivity contribution < 1.29 is 9.53 Å². The summed E-state index contributed by atoms with van der Waals surface area (Å²) in [7, 11) is 5.47. The Kier molecular flexibility index (Phi) is 4.85. The Morgan fingerprint density at radius 2 is 2.08 bits per heavy atom. The molecule has 2 aromatic heterocycles. The SMILES string of the molecule is COc1ccc(-n2cnnc2CN(C)C)c(C(=O)c2ccccn2)c1. The average molecular weight is 337 g/mol. The molecule has 0 radical (unpaired) electrons. The van der Waals surface area contributed by atoms with Gasteiger partial charge in [-0.1, -0.05) is 6.07 Å². The molecule has 2 heterocycles. The molecule has 7 nitrogen and oxygen atoms in total. The average Bonchev–Trinajstić information content (AvgIpc) is 3.08. The second-order valence-corrected chi connectivity index (χ2v) is 5.78. The highest BCUT2D eigenvalue weighted by atomic mass is 16.5. The van der Waals surface area contributed by atoms with E-state index in [4.69, 9.17) is 4.74 Å². The molecule has 0 aliphatic heterocycles. The van der Waals surface area contributed by atoms with Crippen LogP contribution in [0.3, 0.4) is 0 Å². The van der Waals surface area contributed by atoms with Gasteiger partial charge >= 0.3 is 0 Å². The molecular weight excluding hydrogens is 318 g/mol. The highest BCUT2D eigenvalue weighted by Gasteiger charge is 2.19. The maximum atomic E-state index is 13.0. The van der Waals surface area contributed by atoms with Crippen molar-refractivity contribution in [2.75, 3.05) is 21.2 Å². The minimum atomic E-state index is -0.181. The molecule has 0 N–H and O–H groups in total. The number of pyridine rings is 1. The number of ether oxygens (including phenoxy) is 1. The standard InChI is InChI=1S/C18H19N5O2/c1-22(2)11-17-21-20-12-23(17)16-8-7-13(25-3)10-14(16)18(24)15-6-4-5-9-19-15/h4-10,12H,11H2,1-3H3. The predicted octanol–water partition coefficient (Wildman–Crippen LogP) is 1.96. The molecule has 0 saturated heterocycles. The molecule has 1 aromatic carbocycles. The van der Waals surface area contributed by atoms with Crippen molar-refractivity contribution in [2.45, 2.75) is 6.54 Å². The van der Waals surface area contributed by atoms with E-state index in [1.54, 1.807) is 43.9 Å². The van der Waals surface area contributed by atoms with Gasteiger partial charge in [-0.2, -0.15) is 0 Å². The van der Waals surface area contributed by atoms with Crippen LogP contribution >= 0.6 is 0 Å². The van der Waals surface area contributed by atoms with E-state index < -0.39 is 0 Å². The van der Waals surface area contributed by atoms with Crippen LogP contribution in [0.2, 0.25) is 0 Å². The Hall–Kier alpha value is -3.06. The third-order valence-corrected chi connectivity index (χ3v) is 3.68. The van der Waals surface area contributed by atoms with Gasteiger partial charge in [-0.25, -0.2) is 0 Å². The van der Waals surface area contributed by atoms with Crippen molar-refractivity contribution in [3.63, 3.8) is 0 Å². The summed E-state index contributed by atoms with van der Waals surface area (Å²) in [5, 5.41) is 8.16. The van der Waals surface area contributed by atoms with Crippen molar-refractivity contribution >= 4 is 5.78 Å². The van der Waals surface area contributed by atoms with Gasteiger partial charge in [0.15, 0.2) is 5.82 Å². The summed E-state index contributed by atoms with van der Waals surface area (Å²) < 4.78 is 7.10. The quantitative estimate of drug-likeness (QED) is 0.640. The summed E-state index contributed by atoms with van der Waals surface area (Å²) in [6, 6.07) is 10.6. The molecule has 0 atom stereocenters. The first-order valence-electron chi connectivity index (χ1n) is 7.78. The highest BCUT2D eigenvalue weighted by molar-refractivity contribution is 6.10. The maximum Gasteiger partial charge on any atom is 0.213 e. The van der Waals surface area contributed by atoms with E-state index in [0.29, 0.717) is 29.2 Å². The van der Waals surface area contributed by atoms with Gasteiger partial charge in [0.2, 0.25) is 5.78 Å². The number of hydrogen-bond donors (Lipinski definition) is 0. The first kappa shape index (κ1) is 16.8. The second-order valence-electron chi connectivity index (χ2n) is 5.78. The van der Waals surface area contributed by atoms with Crippen molar-refractivity contribution in [1.82, 2.24) is 24.6 Å². The normalized spacial score (nSPS) is 10.9. The number of rotatable bonds is 6. The molecule has 3 rings (SSSR count). The third-order valence-electron chi connectivity index (χ3n) is 3.68. The molecule has 0 unspecified atom stereocenters. The minimum absolute atomic E-state index is 0.181. The molecule has 25 heavy (non-hydrogen) atoms. The van der Waals surface area contributed by atoms with Crippen LogP contribution in [0.25, 0.3) is 5.69 Å². The lowest BCUT2D eigenvalue weighted by molar-refractivity contribution is 0.103. The number of aromatic nitrogens is 4. The topological polar surface area (TPSA) is 73.1 Å². The number of ketones is 1. The van der Waals surface area contributed by atoms with E-state index in [2.05, 4.69) is 15.2 Å². The Morgan fingerprint density at radius 3 is 2.76 bits per heavy atom. The van der Waals surface area contributed by atoms with Crippen molar-refractivity contribution in [3.05, 3.63) is 66.0 Å². The number of carbonyl (C=O) groups is 1. The van der Waals surface area contributed by atoms with E-state index in [1.165, 1.54) is 0 Å². The summed E-state index contributed by atoms with van der Waals surface area (Å²) >= 11 is 0. The maximum absolute atomic E-state index is 13.0. The van der Waals surface area contributed by atoms with E-state index in [-0.39, 0.29) is 5.78 Å². The number of benzene rings is 1. The zero-order chi connectivity index (χ0) is 17.8. The molecule has 7 heteroatoms. The fourth-order valence-electron chi connectivity index (χ4n) is 2.52. The van der Waals surface area contributed by atoms with Crippen molar-refractivity contribution in [2.24, 2.45) is 0 Å². The van der Waals surface area contributed by atoms with Gasteiger partial charge in [0, 0.05) is 6.20 Å². The van der Waals surface area contributed by atoms with Gasteiger partial charge in [0.1, 0.15) is 17.8 Å².